The zero-order chi connectivity index (χ0) is 9.80. The molecule has 2 atom stereocenters. The fraction of sp³-hybridized carbons (Fsp3) is 1.00. The van der Waals surface area contributed by atoms with Crippen molar-refractivity contribution in [2.24, 2.45) is 5.92 Å². The van der Waals surface area contributed by atoms with Crippen LogP contribution in [0.15, 0.2) is 0 Å². The van der Waals surface area contributed by atoms with Crippen LogP contribution in [0.25, 0.3) is 0 Å². The third kappa shape index (κ3) is 3.14. The number of thioether (sulfide) groups is 1. The number of hydrogen-bond acceptors (Lipinski definition) is 3. The summed E-state index contributed by atoms with van der Waals surface area (Å²) in [5.41, 5.74) is 0. The Hall–Kier alpha value is 0.270. The molecule has 82 valence electrons. The van der Waals surface area contributed by atoms with Crippen LogP contribution in [0.4, 0.5) is 0 Å². The van der Waals surface area contributed by atoms with Crippen molar-refractivity contribution in [3.63, 3.8) is 0 Å². The predicted octanol–water partition coefficient (Wildman–Crippen LogP) is 1.42. The molecule has 14 heavy (non-hydrogen) atoms. The summed E-state index contributed by atoms with van der Waals surface area (Å²) in [5, 5.41) is 4.43. The molecule has 0 radical (unpaired) electrons. The molecule has 3 heteroatoms. The molecule has 0 aromatic rings. The van der Waals surface area contributed by atoms with Crippen molar-refractivity contribution in [1.82, 2.24) is 10.2 Å². The van der Waals surface area contributed by atoms with Gasteiger partial charge < -0.3 is 10.2 Å². The smallest absolute Gasteiger partial charge is 0.0175 e. The lowest BCUT2D eigenvalue weighted by Gasteiger charge is -2.24. The third-order valence-electron chi connectivity index (χ3n) is 3.15. The molecule has 2 aliphatic heterocycles. The van der Waals surface area contributed by atoms with Gasteiger partial charge in [-0.15, -0.1) is 0 Å². The van der Waals surface area contributed by atoms with Crippen LogP contribution in [0.5, 0.6) is 0 Å². The van der Waals surface area contributed by atoms with Crippen LogP contribution in [-0.4, -0.2) is 48.6 Å². The van der Waals surface area contributed by atoms with E-state index in [0.29, 0.717) is 0 Å². The van der Waals surface area contributed by atoms with Gasteiger partial charge in [-0.1, -0.05) is 6.92 Å². The predicted molar refractivity (Wildman–Crippen MR) is 64.0 cm³/mol. The van der Waals surface area contributed by atoms with Gasteiger partial charge in [0.05, 0.1) is 0 Å². The Kier molecular flexibility index (Phi) is 4.14. The monoisotopic (exact) mass is 214 g/mol. The number of hydrogen-bond donors (Lipinski definition) is 1. The van der Waals surface area contributed by atoms with E-state index in [9.17, 15) is 0 Å². The van der Waals surface area contributed by atoms with Gasteiger partial charge in [-0.2, -0.15) is 11.8 Å². The van der Waals surface area contributed by atoms with Crippen LogP contribution in [0.1, 0.15) is 19.8 Å². The molecule has 2 fully saturated rings. The Bertz CT molecular complexity index is 169. The van der Waals surface area contributed by atoms with Crippen LogP contribution in [0.3, 0.4) is 0 Å². The van der Waals surface area contributed by atoms with Gasteiger partial charge in [-0.3, -0.25) is 0 Å². The van der Waals surface area contributed by atoms with Gasteiger partial charge in [0.1, 0.15) is 0 Å². The Labute approximate surface area is 91.8 Å². The molecule has 2 aliphatic rings. The van der Waals surface area contributed by atoms with E-state index in [-0.39, 0.29) is 0 Å². The first-order chi connectivity index (χ1) is 6.84. The van der Waals surface area contributed by atoms with Crippen LogP contribution >= 0.6 is 11.8 Å². The van der Waals surface area contributed by atoms with E-state index < -0.39 is 0 Å². The first-order valence-corrected chi connectivity index (χ1v) is 6.94. The zero-order valence-electron chi connectivity index (χ0n) is 9.17. The van der Waals surface area contributed by atoms with Crippen molar-refractivity contribution >= 4 is 11.8 Å². The van der Waals surface area contributed by atoms with Gasteiger partial charge >= 0.3 is 0 Å². The summed E-state index contributed by atoms with van der Waals surface area (Å²) in [7, 11) is 0. The average Bonchev–Trinajstić information content (AvgIpc) is 2.56. The van der Waals surface area contributed by atoms with E-state index in [1.807, 2.05) is 0 Å². The van der Waals surface area contributed by atoms with Gasteiger partial charge in [0.2, 0.25) is 0 Å². The van der Waals surface area contributed by atoms with E-state index in [1.54, 1.807) is 0 Å². The zero-order valence-corrected chi connectivity index (χ0v) is 9.98. The molecule has 0 saturated carbocycles. The average molecular weight is 214 g/mol. The minimum atomic E-state index is 0.823. The molecule has 2 saturated heterocycles. The maximum Gasteiger partial charge on any atom is 0.0175 e. The number of rotatable bonds is 2. The van der Waals surface area contributed by atoms with Crippen LogP contribution in [0.2, 0.25) is 0 Å². The second kappa shape index (κ2) is 5.38. The molecule has 2 rings (SSSR count). The van der Waals surface area contributed by atoms with Gasteiger partial charge in [0.25, 0.3) is 0 Å². The maximum absolute atomic E-state index is 3.50. The SMILES string of the molecule is CC1CNCCN(CC2CCCS2)C1. The molecule has 0 spiro atoms. The van der Waals surface area contributed by atoms with Crippen molar-refractivity contribution in [2.45, 2.75) is 25.0 Å². The molecule has 0 bridgehead atoms. The molecule has 2 nitrogen and oxygen atoms in total. The van der Waals surface area contributed by atoms with Gasteiger partial charge in [-0.25, -0.2) is 0 Å². The lowest BCUT2D eigenvalue weighted by Crippen LogP contribution is -2.34. The second-order valence-electron chi connectivity index (χ2n) is 4.70. The summed E-state index contributed by atoms with van der Waals surface area (Å²) in [5.74, 6) is 2.22. The van der Waals surface area contributed by atoms with Crippen LogP contribution in [-0.2, 0) is 0 Å². The molecule has 0 aromatic carbocycles. The Morgan fingerprint density at radius 3 is 3.21 bits per heavy atom. The minimum absolute atomic E-state index is 0.823. The summed E-state index contributed by atoms with van der Waals surface area (Å²) >= 11 is 2.18. The van der Waals surface area contributed by atoms with E-state index in [4.69, 9.17) is 0 Å². The summed E-state index contributed by atoms with van der Waals surface area (Å²) in [6, 6.07) is 0. The molecular formula is C11H22N2S. The van der Waals surface area contributed by atoms with E-state index in [2.05, 4.69) is 28.9 Å². The quantitative estimate of drug-likeness (QED) is 0.748. The first kappa shape index (κ1) is 10.8. The van der Waals surface area contributed by atoms with Crippen LogP contribution < -0.4 is 5.32 Å². The van der Waals surface area contributed by atoms with Crippen LogP contribution in [0, 0.1) is 5.92 Å². The standard InChI is InChI=1S/C11H22N2S/c1-10-7-12-4-5-13(8-10)9-11-3-2-6-14-11/h10-12H,2-9H2,1H3. The molecule has 2 unspecified atom stereocenters. The fourth-order valence-electron chi connectivity index (χ4n) is 2.42. The van der Waals surface area contributed by atoms with Crippen molar-refractivity contribution in [2.75, 3.05) is 38.5 Å². The van der Waals surface area contributed by atoms with Gasteiger partial charge in [0, 0.05) is 31.4 Å². The Morgan fingerprint density at radius 2 is 2.43 bits per heavy atom. The molecular weight excluding hydrogens is 192 g/mol. The van der Waals surface area contributed by atoms with Gasteiger partial charge in [0.15, 0.2) is 0 Å². The Balaban J connectivity index is 1.77. The summed E-state index contributed by atoms with van der Waals surface area (Å²) < 4.78 is 0. The summed E-state index contributed by atoms with van der Waals surface area (Å²) in [6.45, 7) is 8.62. The normalized spacial score (nSPS) is 35.8. The largest absolute Gasteiger partial charge is 0.315 e. The highest BCUT2D eigenvalue weighted by molar-refractivity contribution is 8.00. The van der Waals surface area contributed by atoms with Crippen molar-refractivity contribution < 1.29 is 0 Å². The van der Waals surface area contributed by atoms with E-state index in [1.165, 1.54) is 51.3 Å². The number of nitrogens with one attached hydrogen (secondary N) is 1. The van der Waals surface area contributed by atoms with Crippen molar-refractivity contribution in [3.8, 4) is 0 Å². The molecule has 2 heterocycles. The first-order valence-electron chi connectivity index (χ1n) is 5.89. The number of nitrogens with zero attached hydrogens (tertiary/aromatic N) is 1. The Morgan fingerprint density at radius 1 is 1.50 bits per heavy atom. The molecule has 0 amide bonds. The maximum atomic E-state index is 3.50. The highest BCUT2D eigenvalue weighted by Gasteiger charge is 2.21. The topological polar surface area (TPSA) is 15.3 Å². The fourth-order valence-corrected chi connectivity index (χ4v) is 3.74. The van der Waals surface area contributed by atoms with Gasteiger partial charge in [-0.05, 0) is 31.1 Å². The molecule has 0 aromatic heterocycles. The summed E-state index contributed by atoms with van der Waals surface area (Å²) in [4.78, 5) is 2.66. The van der Waals surface area contributed by atoms with E-state index in [0.717, 1.165) is 11.2 Å². The van der Waals surface area contributed by atoms with Crippen molar-refractivity contribution in [3.05, 3.63) is 0 Å². The summed E-state index contributed by atoms with van der Waals surface area (Å²) in [6.07, 6.45) is 2.89. The second-order valence-corrected chi connectivity index (χ2v) is 6.11. The highest BCUT2D eigenvalue weighted by Crippen LogP contribution is 2.26. The lowest BCUT2D eigenvalue weighted by molar-refractivity contribution is 0.264. The molecule has 1 N–H and O–H groups in total. The third-order valence-corrected chi connectivity index (χ3v) is 4.53. The lowest BCUT2D eigenvalue weighted by atomic mass is 10.1. The molecule has 0 aliphatic carbocycles. The van der Waals surface area contributed by atoms with E-state index >= 15 is 0 Å². The van der Waals surface area contributed by atoms with Crippen molar-refractivity contribution in [1.29, 1.82) is 0 Å². The minimum Gasteiger partial charge on any atom is -0.315 e. The highest BCUT2D eigenvalue weighted by atomic mass is 32.2.